The van der Waals surface area contributed by atoms with Crippen molar-refractivity contribution in [3.8, 4) is 0 Å². The fourth-order valence-electron chi connectivity index (χ4n) is 0. The van der Waals surface area contributed by atoms with E-state index in [2.05, 4.69) is 15.9 Å². The number of alkyl halides is 1. The lowest BCUT2D eigenvalue weighted by molar-refractivity contribution is 1.56. The molecule has 32 valence electrons. The van der Waals surface area contributed by atoms with Gasteiger partial charge in [0.05, 0.1) is 0 Å². The molecule has 0 aromatic heterocycles. The minimum atomic E-state index is 0.778. The molecule has 3 heteroatoms. The van der Waals surface area contributed by atoms with Crippen LogP contribution in [0, 0.1) is 0 Å². The molecule has 0 saturated heterocycles. The Labute approximate surface area is 53.6 Å². The molecule has 0 fully saturated rings. The van der Waals surface area contributed by atoms with Gasteiger partial charge in [-0.05, 0) is 0 Å². The van der Waals surface area contributed by atoms with Gasteiger partial charge >= 0.3 is 15.4 Å². The zero-order valence-corrected chi connectivity index (χ0v) is 7.80. The third kappa shape index (κ3) is 34.1. The number of halogens is 2. The topological polar surface area (TPSA) is 0 Å². The number of hydrogen-bond acceptors (Lipinski definition) is 0. The lowest BCUT2D eigenvalue weighted by Gasteiger charge is -1.45. The Bertz CT molecular complexity index is 9.61. The molecule has 0 unspecified atom stereocenters. The molecule has 0 aliphatic rings. The van der Waals surface area contributed by atoms with Crippen LogP contribution < -0.4 is 0 Å². The number of rotatable bonds is 0. The lowest BCUT2D eigenvalue weighted by atomic mass is 11.0. The van der Waals surface area contributed by atoms with E-state index in [1.165, 1.54) is 0 Å². The Morgan fingerprint density at radius 2 is 1.80 bits per heavy atom. The van der Waals surface area contributed by atoms with Gasteiger partial charge in [-0.25, -0.2) is 0 Å². The lowest BCUT2D eigenvalue weighted by Crippen LogP contribution is -1.34. The van der Waals surface area contributed by atoms with E-state index in [4.69, 9.17) is 10.0 Å². The van der Waals surface area contributed by atoms with Crippen LogP contribution in [0.5, 0.6) is 0 Å². The molecule has 0 aliphatic carbocycles. The molecule has 0 N–H and O–H groups in total. The van der Waals surface area contributed by atoms with Gasteiger partial charge in [0, 0.05) is 5.33 Å². The van der Waals surface area contributed by atoms with Gasteiger partial charge in [0.1, 0.15) is 0 Å². The summed E-state index contributed by atoms with van der Waals surface area (Å²) in [7, 11) is 4.78. The van der Waals surface area contributed by atoms with Crippen LogP contribution in [0.4, 0.5) is 0 Å². The van der Waals surface area contributed by atoms with Gasteiger partial charge in [-0.1, -0.05) is 22.9 Å². The highest BCUT2D eigenvalue weighted by Gasteiger charge is 1.38. The van der Waals surface area contributed by atoms with E-state index >= 15 is 0 Å². The molecule has 0 spiro atoms. The molecule has 0 aliphatic heterocycles. The first-order chi connectivity index (χ1) is 2.41. The summed E-state index contributed by atoms with van der Waals surface area (Å²) in [5.41, 5.74) is 0. The molecule has 0 heterocycles. The van der Waals surface area contributed by atoms with Gasteiger partial charge in [-0.3, -0.25) is 10.0 Å². The molecule has 0 bridgehead atoms. The van der Waals surface area contributed by atoms with Crippen LogP contribution >= 0.6 is 26.0 Å². The van der Waals surface area contributed by atoms with Crippen molar-refractivity contribution in [1.29, 1.82) is 0 Å². The first-order valence-electron chi connectivity index (χ1n) is 1.35. The monoisotopic (exact) mass is 172 g/mol. The average Bonchev–Trinajstić information content (AvgIpc) is 1.46. The van der Waals surface area contributed by atoms with E-state index in [1.54, 1.807) is 0 Å². The Morgan fingerprint density at radius 1 is 1.80 bits per heavy atom. The summed E-state index contributed by atoms with van der Waals surface area (Å²) >= 11 is 3.92. The molecular formula is C2H7AlBrCl. The highest BCUT2D eigenvalue weighted by Crippen LogP contribution is 1.67. The Hall–Kier alpha value is 1.30. The van der Waals surface area contributed by atoms with Gasteiger partial charge in [0.15, 0.2) is 0 Å². The first kappa shape index (κ1) is 9.57. The maximum absolute atomic E-state index is 4.78. The summed E-state index contributed by atoms with van der Waals surface area (Å²) in [6.07, 6.45) is 0. The fraction of sp³-hybridized carbons (Fsp3) is 1.00. The largest absolute Gasteiger partial charge is 0.353 e. The fourth-order valence-corrected chi connectivity index (χ4v) is 0. The Balaban J connectivity index is 0. The normalized spacial score (nSPS) is 4.60. The van der Waals surface area contributed by atoms with Crippen LogP contribution in [-0.2, 0) is 0 Å². The minimum Gasteiger partial charge on any atom is -0.273 e. The van der Waals surface area contributed by atoms with Gasteiger partial charge < -0.3 is 0 Å². The van der Waals surface area contributed by atoms with E-state index in [1.807, 2.05) is 6.92 Å². The van der Waals surface area contributed by atoms with E-state index in [9.17, 15) is 0 Å². The zero-order valence-electron chi connectivity index (χ0n) is 3.46. The Kier molecular flexibility index (Phi) is 35.4. The molecule has 0 aromatic carbocycles. The second kappa shape index (κ2) is 18.5. The van der Waals surface area contributed by atoms with E-state index in [0.29, 0.717) is 0 Å². The van der Waals surface area contributed by atoms with Crippen LogP contribution in [-0.4, -0.2) is 20.7 Å². The minimum absolute atomic E-state index is 0.778. The van der Waals surface area contributed by atoms with Crippen molar-refractivity contribution < 1.29 is 0 Å². The third-order valence-corrected chi connectivity index (χ3v) is 0. The molecular weight excluding hydrogens is 166 g/mol. The molecule has 0 rings (SSSR count). The summed E-state index contributed by atoms with van der Waals surface area (Å²) in [4.78, 5) is 0. The molecule has 0 saturated carbocycles. The summed E-state index contributed by atoms with van der Waals surface area (Å²) in [5.74, 6) is 0. The van der Waals surface area contributed by atoms with Crippen molar-refractivity contribution in [2.24, 2.45) is 0 Å². The predicted octanol–water partition coefficient (Wildman–Crippen LogP) is 1.17. The average molecular weight is 173 g/mol. The smallest absolute Gasteiger partial charge is 0.273 e. The zero-order chi connectivity index (χ0) is 4.71. The summed E-state index contributed by atoms with van der Waals surface area (Å²) in [6.45, 7) is 2.04. The van der Waals surface area contributed by atoms with Crippen molar-refractivity contribution in [1.82, 2.24) is 0 Å². The summed E-state index contributed by atoms with van der Waals surface area (Å²) in [6, 6.07) is 0. The van der Waals surface area contributed by atoms with Crippen molar-refractivity contribution in [3.05, 3.63) is 0 Å². The van der Waals surface area contributed by atoms with Gasteiger partial charge in [0.25, 0.3) is 0 Å². The van der Waals surface area contributed by atoms with Crippen LogP contribution in [0.3, 0.4) is 0 Å². The van der Waals surface area contributed by atoms with E-state index < -0.39 is 0 Å². The highest BCUT2D eigenvalue weighted by atomic mass is 79.9. The van der Waals surface area contributed by atoms with Gasteiger partial charge in [-0.2, -0.15) is 0 Å². The van der Waals surface area contributed by atoms with Crippen molar-refractivity contribution in [2.45, 2.75) is 6.92 Å². The van der Waals surface area contributed by atoms with Crippen LogP contribution in [0.2, 0.25) is 0 Å². The van der Waals surface area contributed by atoms with Crippen molar-refractivity contribution in [2.75, 3.05) is 5.33 Å². The van der Waals surface area contributed by atoms with E-state index in [-0.39, 0.29) is 0 Å². The van der Waals surface area contributed by atoms with Crippen LogP contribution in [0.15, 0.2) is 0 Å². The second-order valence-corrected chi connectivity index (χ2v) is 1.39. The highest BCUT2D eigenvalue weighted by molar-refractivity contribution is 9.09. The molecule has 0 radical (unpaired) electrons. The molecule has 0 aromatic rings. The van der Waals surface area contributed by atoms with Crippen molar-refractivity contribution >= 4 is 41.3 Å². The third-order valence-electron chi connectivity index (χ3n) is 0. The molecule has 0 amide bonds. The quantitative estimate of drug-likeness (QED) is 0.381. The maximum Gasteiger partial charge on any atom is 0.353 e. The van der Waals surface area contributed by atoms with Crippen LogP contribution in [0.25, 0.3) is 0 Å². The van der Waals surface area contributed by atoms with Gasteiger partial charge in [0.2, 0.25) is 0 Å². The first-order valence-corrected chi connectivity index (χ1v) is 5.50. The van der Waals surface area contributed by atoms with E-state index in [0.717, 1.165) is 20.7 Å². The number of hydrogen-bond donors (Lipinski definition) is 0. The summed E-state index contributed by atoms with van der Waals surface area (Å²) < 4.78 is 0. The molecule has 5 heavy (non-hydrogen) atoms. The van der Waals surface area contributed by atoms with Crippen LogP contribution in [0.1, 0.15) is 6.92 Å². The Morgan fingerprint density at radius 3 is 1.80 bits per heavy atom. The molecule has 0 nitrogen and oxygen atoms in total. The SMILES string of the molecule is CCBr.[AlH2][Cl]. The second-order valence-electron chi connectivity index (χ2n) is 0.267. The maximum atomic E-state index is 4.78. The van der Waals surface area contributed by atoms with Gasteiger partial charge in [-0.15, -0.1) is 0 Å². The molecule has 0 atom stereocenters. The summed E-state index contributed by atoms with van der Waals surface area (Å²) in [5, 5.41) is 1.06. The predicted molar refractivity (Wildman–Crippen MR) is 33.9 cm³/mol. The van der Waals surface area contributed by atoms with Crippen molar-refractivity contribution in [3.63, 3.8) is 0 Å². The standard InChI is InChI=1S/C2H5Br.Al.ClH.2H/c1-2-3;;;;/h2H2,1H3;;1H;;/q;+1;;;/p-1.